The van der Waals surface area contributed by atoms with E-state index in [1.165, 1.54) is 38.5 Å². The van der Waals surface area contributed by atoms with Crippen molar-refractivity contribution in [2.24, 2.45) is 23.2 Å². The summed E-state index contributed by atoms with van der Waals surface area (Å²) in [6, 6.07) is 0. The van der Waals surface area contributed by atoms with Gasteiger partial charge in [-0.2, -0.15) is 0 Å². The first kappa shape index (κ1) is 12.1. The van der Waals surface area contributed by atoms with Gasteiger partial charge >= 0.3 is 0 Å². The van der Waals surface area contributed by atoms with Crippen molar-refractivity contribution in [2.45, 2.75) is 84.0 Å². The van der Waals surface area contributed by atoms with Crippen molar-refractivity contribution in [1.29, 1.82) is 0 Å². The lowest BCUT2D eigenvalue weighted by Crippen LogP contribution is -2.39. The summed E-state index contributed by atoms with van der Waals surface area (Å²) in [5, 5.41) is 0. The molecular weight excluding hydrogens is 204 g/mol. The van der Waals surface area contributed by atoms with Gasteiger partial charge in [-0.25, -0.2) is 0 Å². The number of rotatable bonds is 3. The molecule has 0 radical (unpaired) electrons. The third-order valence-electron chi connectivity index (χ3n) is 6.70. The third kappa shape index (κ3) is 2.06. The van der Waals surface area contributed by atoms with Gasteiger partial charge in [-0.15, -0.1) is 0 Å². The molecule has 0 heteroatoms. The fraction of sp³-hybridized carbons (Fsp3) is 1.00. The largest absolute Gasteiger partial charge is 0.0588 e. The van der Waals surface area contributed by atoms with E-state index >= 15 is 0 Å². The quantitative estimate of drug-likeness (QED) is 0.599. The smallest absolute Gasteiger partial charge is 0.0241 e. The van der Waals surface area contributed by atoms with Crippen molar-refractivity contribution in [3.8, 4) is 0 Å². The minimum absolute atomic E-state index is 0.740. The summed E-state index contributed by atoms with van der Waals surface area (Å²) in [7, 11) is 0. The zero-order valence-corrected chi connectivity index (χ0v) is 11.7. The third-order valence-corrected chi connectivity index (χ3v) is 6.70. The molecule has 3 fully saturated rings. The molecule has 3 aliphatic carbocycles. The van der Waals surface area contributed by atoms with Gasteiger partial charge in [0.2, 0.25) is 0 Å². The van der Waals surface area contributed by atoms with E-state index in [2.05, 4.69) is 6.92 Å². The Hall–Kier alpha value is 0. The van der Waals surface area contributed by atoms with Crippen LogP contribution in [0.3, 0.4) is 0 Å². The van der Waals surface area contributed by atoms with Gasteiger partial charge in [0, 0.05) is 0 Å². The van der Waals surface area contributed by atoms with Crippen LogP contribution in [0.15, 0.2) is 0 Å². The lowest BCUT2D eigenvalue weighted by atomic mass is 9.59. The van der Waals surface area contributed by atoms with Crippen LogP contribution in [0.1, 0.15) is 84.0 Å². The Morgan fingerprint density at radius 3 is 1.00 bits per heavy atom. The Labute approximate surface area is 108 Å². The summed E-state index contributed by atoms with van der Waals surface area (Å²) >= 11 is 0. The van der Waals surface area contributed by atoms with Gasteiger partial charge in [-0.05, 0) is 61.7 Å². The van der Waals surface area contributed by atoms with Gasteiger partial charge in [-0.1, -0.05) is 45.4 Å². The number of hydrogen-bond donors (Lipinski definition) is 0. The van der Waals surface area contributed by atoms with Crippen molar-refractivity contribution in [3.63, 3.8) is 0 Å². The predicted molar refractivity (Wildman–Crippen MR) is 74.0 cm³/mol. The first-order chi connectivity index (χ1) is 8.32. The number of hydrogen-bond acceptors (Lipinski definition) is 0. The summed E-state index contributed by atoms with van der Waals surface area (Å²) in [4.78, 5) is 0. The van der Waals surface area contributed by atoms with E-state index in [0.717, 1.165) is 23.2 Å². The maximum atomic E-state index is 2.72. The van der Waals surface area contributed by atoms with Crippen LogP contribution in [0.2, 0.25) is 0 Å². The van der Waals surface area contributed by atoms with E-state index in [1.807, 2.05) is 0 Å². The second-order valence-corrected chi connectivity index (χ2v) is 7.31. The van der Waals surface area contributed by atoms with Crippen LogP contribution in [0.25, 0.3) is 0 Å². The Balaban J connectivity index is 1.81. The highest BCUT2D eigenvalue weighted by atomic mass is 14.5. The van der Waals surface area contributed by atoms with Gasteiger partial charge in [0.1, 0.15) is 0 Å². The second-order valence-electron chi connectivity index (χ2n) is 7.31. The highest BCUT2D eigenvalue weighted by Crippen LogP contribution is 2.57. The first-order valence-corrected chi connectivity index (χ1v) is 8.32. The van der Waals surface area contributed by atoms with Gasteiger partial charge in [0.25, 0.3) is 0 Å². The molecule has 0 heterocycles. The van der Waals surface area contributed by atoms with Crippen LogP contribution in [-0.2, 0) is 0 Å². The molecule has 0 atom stereocenters. The highest BCUT2D eigenvalue weighted by molar-refractivity contribution is 4.98. The summed E-state index contributed by atoms with van der Waals surface area (Å²) in [6.07, 6.45) is 18.5. The average molecular weight is 234 g/mol. The van der Waals surface area contributed by atoms with Gasteiger partial charge in [0.15, 0.2) is 0 Å². The van der Waals surface area contributed by atoms with Crippen molar-refractivity contribution in [1.82, 2.24) is 0 Å². The highest BCUT2D eigenvalue weighted by Gasteiger charge is 2.48. The molecule has 0 aromatic heterocycles. The minimum atomic E-state index is 0.740. The van der Waals surface area contributed by atoms with E-state index < -0.39 is 0 Å². The molecule has 0 spiro atoms. The first-order valence-electron chi connectivity index (χ1n) is 8.32. The average Bonchev–Trinajstić information content (AvgIpc) is 3.10. The van der Waals surface area contributed by atoms with Crippen LogP contribution in [0.5, 0.6) is 0 Å². The molecule has 3 aliphatic rings. The van der Waals surface area contributed by atoms with E-state index in [9.17, 15) is 0 Å². The fourth-order valence-corrected chi connectivity index (χ4v) is 5.64. The molecule has 98 valence electrons. The predicted octanol–water partition coefficient (Wildman–Crippen LogP) is 5.56. The maximum absolute atomic E-state index is 2.72. The van der Waals surface area contributed by atoms with Crippen LogP contribution in [-0.4, -0.2) is 0 Å². The molecule has 0 unspecified atom stereocenters. The van der Waals surface area contributed by atoms with Crippen molar-refractivity contribution in [2.75, 3.05) is 0 Å². The molecule has 3 rings (SSSR count). The van der Waals surface area contributed by atoms with E-state index in [0.29, 0.717) is 0 Å². The van der Waals surface area contributed by atoms with E-state index in [-0.39, 0.29) is 0 Å². The Morgan fingerprint density at radius 1 is 0.529 bits per heavy atom. The van der Waals surface area contributed by atoms with Gasteiger partial charge in [-0.3, -0.25) is 0 Å². The lowest BCUT2D eigenvalue weighted by Gasteiger charge is -2.46. The molecule has 0 aliphatic heterocycles. The van der Waals surface area contributed by atoms with E-state index in [4.69, 9.17) is 0 Å². The van der Waals surface area contributed by atoms with Crippen LogP contribution >= 0.6 is 0 Å². The molecule has 3 saturated carbocycles. The standard InChI is InChI=1S/C17H30/c1-17(14-8-2-3-9-14,15-10-4-5-11-15)16-12-6-7-13-16/h14-16H,2-13H2,1H3. The lowest BCUT2D eigenvalue weighted by molar-refractivity contribution is 0.0257. The maximum Gasteiger partial charge on any atom is -0.0241 e. The molecule has 0 aromatic carbocycles. The van der Waals surface area contributed by atoms with Gasteiger partial charge in [0.05, 0.1) is 0 Å². The SMILES string of the molecule is CC(C1CCCC1)(C1CCCC1)C1CCCC1. The molecule has 0 bridgehead atoms. The summed E-state index contributed by atoms with van der Waals surface area (Å²) < 4.78 is 0. The normalized spacial score (nSPS) is 29.5. The Bertz CT molecular complexity index is 196. The monoisotopic (exact) mass is 234 g/mol. The molecule has 17 heavy (non-hydrogen) atoms. The summed E-state index contributed by atoms with van der Waals surface area (Å²) in [6.45, 7) is 2.72. The summed E-state index contributed by atoms with van der Waals surface area (Å²) in [5.74, 6) is 3.27. The Morgan fingerprint density at radius 2 is 0.765 bits per heavy atom. The van der Waals surface area contributed by atoms with Gasteiger partial charge < -0.3 is 0 Å². The zero-order valence-electron chi connectivity index (χ0n) is 11.7. The fourth-order valence-electron chi connectivity index (χ4n) is 5.64. The van der Waals surface area contributed by atoms with Crippen LogP contribution in [0.4, 0.5) is 0 Å². The summed E-state index contributed by atoms with van der Waals surface area (Å²) in [5.41, 5.74) is 0.740. The second kappa shape index (κ2) is 4.94. The molecule has 0 amide bonds. The zero-order chi connectivity index (χ0) is 11.7. The van der Waals surface area contributed by atoms with Crippen LogP contribution < -0.4 is 0 Å². The van der Waals surface area contributed by atoms with Crippen LogP contribution in [0, 0.1) is 23.2 Å². The van der Waals surface area contributed by atoms with Crippen molar-refractivity contribution >= 4 is 0 Å². The molecule has 0 saturated heterocycles. The minimum Gasteiger partial charge on any atom is -0.0588 e. The molecule has 0 aromatic rings. The molecular formula is C17H30. The Kier molecular flexibility index (Phi) is 3.50. The molecule has 0 N–H and O–H groups in total. The van der Waals surface area contributed by atoms with Crippen molar-refractivity contribution in [3.05, 3.63) is 0 Å². The van der Waals surface area contributed by atoms with E-state index in [1.54, 1.807) is 38.5 Å². The van der Waals surface area contributed by atoms with Crippen molar-refractivity contribution < 1.29 is 0 Å². The molecule has 0 nitrogen and oxygen atoms in total. The topological polar surface area (TPSA) is 0 Å².